The number of nitrogens with zero attached hydrogens (tertiary/aromatic N) is 3. The summed E-state index contributed by atoms with van der Waals surface area (Å²) in [4.78, 5) is 31.3. The fourth-order valence-corrected chi connectivity index (χ4v) is 3.99. The number of ether oxygens (including phenoxy) is 1. The van der Waals surface area contributed by atoms with Gasteiger partial charge in [-0.05, 0) is 24.0 Å². The Bertz CT molecular complexity index is 667. The maximum Gasteiger partial charge on any atom is 0.407 e. The predicted molar refractivity (Wildman–Crippen MR) is 88.2 cm³/mol. The molecule has 2 saturated heterocycles. The minimum atomic E-state index is -0.860. The lowest BCUT2D eigenvalue weighted by molar-refractivity contribution is 0.0362. The molecule has 1 aromatic heterocycles. The number of methoxy groups -OCH3 is 1. The SMILES string of the molecule is COC(=O)c1ccc(N2C[C@@]3(C(C)(C)C)C[C@H]2CN3C(=O)O)nc1. The third-order valence-electron chi connectivity index (χ3n) is 5.45. The maximum absolute atomic E-state index is 11.7. The van der Waals surface area contributed by atoms with E-state index < -0.39 is 17.6 Å². The fourth-order valence-electron chi connectivity index (χ4n) is 3.99. The number of pyridine rings is 1. The Hall–Kier alpha value is -2.31. The Morgan fingerprint density at radius 1 is 1.38 bits per heavy atom. The first-order valence-corrected chi connectivity index (χ1v) is 8.01. The Morgan fingerprint density at radius 2 is 2.08 bits per heavy atom. The number of anilines is 1. The molecule has 2 bridgehead atoms. The molecule has 24 heavy (non-hydrogen) atoms. The summed E-state index contributed by atoms with van der Waals surface area (Å²) in [6, 6.07) is 3.60. The van der Waals surface area contributed by atoms with Crippen LogP contribution in [0.2, 0.25) is 0 Å². The van der Waals surface area contributed by atoms with Crippen molar-refractivity contribution in [3.8, 4) is 0 Å². The smallest absolute Gasteiger partial charge is 0.407 e. The Morgan fingerprint density at radius 3 is 2.58 bits per heavy atom. The molecule has 0 spiro atoms. The molecule has 130 valence electrons. The number of amides is 1. The molecule has 2 atom stereocenters. The van der Waals surface area contributed by atoms with E-state index in [2.05, 4.69) is 35.4 Å². The molecule has 2 aliphatic rings. The molecule has 0 aromatic carbocycles. The van der Waals surface area contributed by atoms with Crippen molar-refractivity contribution in [1.29, 1.82) is 0 Å². The summed E-state index contributed by atoms with van der Waals surface area (Å²) in [6.07, 6.45) is 1.44. The second-order valence-corrected chi connectivity index (χ2v) is 7.56. The van der Waals surface area contributed by atoms with Crippen LogP contribution in [0, 0.1) is 5.41 Å². The van der Waals surface area contributed by atoms with Crippen LogP contribution in [-0.2, 0) is 4.74 Å². The average molecular weight is 333 g/mol. The molecule has 3 rings (SSSR count). The molecule has 7 nitrogen and oxygen atoms in total. The van der Waals surface area contributed by atoms with Crippen molar-refractivity contribution in [2.24, 2.45) is 5.41 Å². The van der Waals surface area contributed by atoms with Crippen molar-refractivity contribution in [3.05, 3.63) is 23.9 Å². The van der Waals surface area contributed by atoms with Crippen LogP contribution in [0.15, 0.2) is 18.3 Å². The maximum atomic E-state index is 11.7. The summed E-state index contributed by atoms with van der Waals surface area (Å²) in [6.45, 7) is 7.35. The van der Waals surface area contributed by atoms with Crippen molar-refractivity contribution in [1.82, 2.24) is 9.88 Å². The summed E-state index contributed by atoms with van der Waals surface area (Å²) < 4.78 is 4.69. The van der Waals surface area contributed by atoms with Gasteiger partial charge in [-0.25, -0.2) is 14.6 Å². The van der Waals surface area contributed by atoms with E-state index in [1.54, 1.807) is 17.0 Å². The van der Waals surface area contributed by atoms with Gasteiger partial charge >= 0.3 is 12.1 Å². The highest BCUT2D eigenvalue weighted by molar-refractivity contribution is 5.89. The molecule has 1 amide bonds. The minimum absolute atomic E-state index is 0.108. The van der Waals surface area contributed by atoms with E-state index in [0.717, 1.165) is 12.2 Å². The van der Waals surface area contributed by atoms with Crippen LogP contribution in [0.5, 0.6) is 0 Å². The normalized spacial score (nSPS) is 25.9. The zero-order chi connectivity index (χ0) is 17.7. The summed E-state index contributed by atoms with van der Waals surface area (Å²) in [5, 5.41) is 9.59. The summed E-state index contributed by atoms with van der Waals surface area (Å²) >= 11 is 0. The van der Waals surface area contributed by atoms with E-state index in [9.17, 15) is 14.7 Å². The standard InChI is InChI=1S/C17H23N3O4/c1-16(2,3)17-7-12(9-20(17)15(22)23)19(10-17)13-6-5-11(8-18-13)14(21)24-4/h5-6,8,12H,7,9-10H2,1-4H3,(H,22,23)/t12-,17+/m0/s1. The molecular formula is C17H23N3O4. The molecule has 0 radical (unpaired) electrons. The van der Waals surface area contributed by atoms with Crippen LogP contribution in [0.3, 0.4) is 0 Å². The van der Waals surface area contributed by atoms with Gasteiger partial charge in [0.1, 0.15) is 5.82 Å². The molecule has 0 unspecified atom stereocenters. The summed E-state index contributed by atoms with van der Waals surface area (Å²) in [5.74, 6) is 0.351. The largest absolute Gasteiger partial charge is 0.465 e. The zero-order valence-corrected chi connectivity index (χ0v) is 14.4. The zero-order valence-electron chi connectivity index (χ0n) is 14.4. The van der Waals surface area contributed by atoms with Crippen molar-refractivity contribution in [2.75, 3.05) is 25.1 Å². The number of carbonyl (C=O) groups excluding carboxylic acids is 1. The van der Waals surface area contributed by atoms with Crippen LogP contribution in [-0.4, -0.2) is 58.8 Å². The van der Waals surface area contributed by atoms with Crippen molar-refractivity contribution in [2.45, 2.75) is 38.8 Å². The molecule has 7 heteroatoms. The highest BCUT2D eigenvalue weighted by atomic mass is 16.5. The number of rotatable bonds is 2. The van der Waals surface area contributed by atoms with E-state index in [-0.39, 0.29) is 11.5 Å². The third-order valence-corrected chi connectivity index (χ3v) is 5.45. The number of carboxylic acid groups (broad SMARTS) is 1. The summed E-state index contributed by atoms with van der Waals surface area (Å²) in [5.41, 5.74) is -0.198. The van der Waals surface area contributed by atoms with Crippen LogP contribution >= 0.6 is 0 Å². The monoisotopic (exact) mass is 333 g/mol. The van der Waals surface area contributed by atoms with Crippen LogP contribution < -0.4 is 4.90 Å². The van der Waals surface area contributed by atoms with Gasteiger partial charge in [0, 0.05) is 19.3 Å². The number of likely N-dealkylation sites (tertiary alicyclic amines) is 1. The number of piperazine rings is 1. The Kier molecular flexibility index (Phi) is 3.69. The number of aromatic nitrogens is 1. The van der Waals surface area contributed by atoms with E-state index in [4.69, 9.17) is 0 Å². The first kappa shape index (κ1) is 16.5. The van der Waals surface area contributed by atoms with Gasteiger partial charge in [-0.3, -0.25) is 4.90 Å². The van der Waals surface area contributed by atoms with Crippen LogP contribution in [0.1, 0.15) is 37.6 Å². The first-order chi connectivity index (χ1) is 11.2. The molecule has 3 heterocycles. The van der Waals surface area contributed by atoms with Gasteiger partial charge in [0.2, 0.25) is 0 Å². The topological polar surface area (TPSA) is 83.0 Å². The van der Waals surface area contributed by atoms with E-state index in [1.165, 1.54) is 13.3 Å². The van der Waals surface area contributed by atoms with Crippen LogP contribution in [0.4, 0.5) is 10.6 Å². The number of hydrogen-bond donors (Lipinski definition) is 1. The van der Waals surface area contributed by atoms with Crippen molar-refractivity contribution in [3.63, 3.8) is 0 Å². The van der Waals surface area contributed by atoms with Gasteiger partial charge in [0.25, 0.3) is 0 Å². The highest BCUT2D eigenvalue weighted by Gasteiger charge is 2.62. The van der Waals surface area contributed by atoms with Crippen molar-refractivity contribution < 1.29 is 19.4 Å². The fraction of sp³-hybridized carbons (Fsp3) is 0.588. The lowest BCUT2D eigenvalue weighted by atomic mass is 9.73. The Balaban J connectivity index is 1.89. The van der Waals surface area contributed by atoms with Gasteiger partial charge in [-0.1, -0.05) is 20.8 Å². The van der Waals surface area contributed by atoms with E-state index >= 15 is 0 Å². The number of esters is 1. The number of carbonyl (C=O) groups is 2. The van der Waals surface area contributed by atoms with E-state index in [1.807, 2.05) is 0 Å². The lowest BCUT2D eigenvalue weighted by Crippen LogP contribution is -2.61. The second-order valence-electron chi connectivity index (χ2n) is 7.56. The van der Waals surface area contributed by atoms with Crippen molar-refractivity contribution >= 4 is 17.9 Å². The van der Waals surface area contributed by atoms with E-state index in [0.29, 0.717) is 18.7 Å². The highest BCUT2D eigenvalue weighted by Crippen LogP contribution is 2.51. The second kappa shape index (κ2) is 5.36. The minimum Gasteiger partial charge on any atom is -0.465 e. The van der Waals surface area contributed by atoms with Gasteiger partial charge < -0.3 is 14.7 Å². The third kappa shape index (κ3) is 2.30. The molecule has 1 aromatic rings. The molecule has 1 N–H and O–H groups in total. The predicted octanol–water partition coefficient (Wildman–Crippen LogP) is 2.23. The first-order valence-electron chi connectivity index (χ1n) is 8.01. The number of hydrogen-bond acceptors (Lipinski definition) is 5. The summed E-state index contributed by atoms with van der Waals surface area (Å²) in [7, 11) is 1.34. The molecule has 2 fully saturated rings. The van der Waals surface area contributed by atoms with Gasteiger partial charge in [-0.15, -0.1) is 0 Å². The van der Waals surface area contributed by atoms with Crippen LogP contribution in [0.25, 0.3) is 0 Å². The van der Waals surface area contributed by atoms with Gasteiger partial charge in [0.15, 0.2) is 0 Å². The quantitative estimate of drug-likeness (QED) is 0.836. The molecule has 0 aliphatic carbocycles. The average Bonchev–Trinajstić information content (AvgIpc) is 3.11. The molecule has 0 saturated carbocycles. The van der Waals surface area contributed by atoms with Gasteiger partial charge in [0.05, 0.1) is 24.3 Å². The number of fused-ring (bicyclic) bond motifs is 2. The molecule has 2 aliphatic heterocycles. The van der Waals surface area contributed by atoms with Gasteiger partial charge in [-0.2, -0.15) is 0 Å². The lowest BCUT2D eigenvalue weighted by Gasteiger charge is -2.48. The Labute approximate surface area is 141 Å². The molecular weight excluding hydrogens is 310 g/mol.